The molecule has 2 fully saturated rings. The molecule has 1 aliphatic carbocycles. The van der Waals surface area contributed by atoms with E-state index >= 15 is 0 Å². The van der Waals surface area contributed by atoms with Gasteiger partial charge in [0, 0.05) is 24.4 Å². The molecule has 2 aromatic rings. The number of amides is 1. The van der Waals surface area contributed by atoms with E-state index in [-0.39, 0.29) is 18.4 Å². The molecule has 0 radical (unpaired) electrons. The van der Waals surface area contributed by atoms with Gasteiger partial charge in [0.25, 0.3) is 0 Å². The standard InChI is InChI=1S/C22H26N2O4/c1-14-6-8-15(9-7-14)19-13-23-20(28-19)10-11-21(25)24-17-5-3-2-4-16(17)12-18(24)22(26)27/h6-9,13,16-18H,2-5,10-12H2,1H3,(H,26,27). The number of aromatic nitrogens is 1. The Morgan fingerprint density at radius 2 is 1.96 bits per heavy atom. The topological polar surface area (TPSA) is 83.6 Å². The monoisotopic (exact) mass is 382 g/mol. The SMILES string of the molecule is Cc1ccc(-c2cnc(CCC(=O)N3C(C(=O)O)CC4CCCCC43)o2)cc1. The van der Waals surface area contributed by atoms with Crippen LogP contribution in [0.25, 0.3) is 11.3 Å². The molecule has 1 saturated heterocycles. The first-order valence-corrected chi connectivity index (χ1v) is 10.1. The van der Waals surface area contributed by atoms with E-state index in [0.717, 1.165) is 31.2 Å². The predicted octanol–water partition coefficient (Wildman–Crippen LogP) is 3.83. The van der Waals surface area contributed by atoms with Crippen molar-refractivity contribution >= 4 is 11.9 Å². The molecule has 3 unspecified atom stereocenters. The highest BCUT2D eigenvalue weighted by Crippen LogP contribution is 2.40. The van der Waals surface area contributed by atoms with Crippen molar-refractivity contribution in [3.8, 4) is 11.3 Å². The van der Waals surface area contributed by atoms with Gasteiger partial charge in [-0.2, -0.15) is 0 Å². The number of rotatable bonds is 5. The Morgan fingerprint density at radius 1 is 1.21 bits per heavy atom. The number of carbonyl (C=O) groups is 2. The third-order valence-electron chi connectivity index (χ3n) is 6.10. The Kier molecular flexibility index (Phi) is 5.20. The van der Waals surface area contributed by atoms with Gasteiger partial charge < -0.3 is 14.4 Å². The molecule has 4 rings (SSSR count). The van der Waals surface area contributed by atoms with E-state index in [1.807, 2.05) is 31.2 Å². The first kappa shape index (κ1) is 18.7. The number of nitrogens with zero attached hydrogens (tertiary/aromatic N) is 2. The molecule has 1 aliphatic heterocycles. The molecular formula is C22H26N2O4. The summed E-state index contributed by atoms with van der Waals surface area (Å²) in [5.41, 5.74) is 2.12. The number of hydrogen-bond donors (Lipinski definition) is 1. The number of likely N-dealkylation sites (tertiary alicyclic amines) is 1. The fourth-order valence-electron chi connectivity index (χ4n) is 4.66. The lowest BCUT2D eigenvalue weighted by molar-refractivity contribution is -0.149. The van der Waals surface area contributed by atoms with Crippen molar-refractivity contribution in [3.63, 3.8) is 0 Å². The zero-order valence-corrected chi connectivity index (χ0v) is 16.1. The number of fused-ring (bicyclic) bond motifs is 1. The first-order chi connectivity index (χ1) is 13.5. The molecule has 1 aromatic heterocycles. The van der Waals surface area contributed by atoms with Crippen molar-refractivity contribution in [1.29, 1.82) is 0 Å². The Bertz CT molecular complexity index is 858. The lowest BCUT2D eigenvalue weighted by atomic mass is 9.84. The summed E-state index contributed by atoms with van der Waals surface area (Å²) in [6.07, 6.45) is 7.00. The molecule has 2 heterocycles. The Hall–Kier alpha value is -2.63. The van der Waals surface area contributed by atoms with Crippen LogP contribution in [0, 0.1) is 12.8 Å². The fraction of sp³-hybridized carbons (Fsp3) is 0.500. The third-order valence-corrected chi connectivity index (χ3v) is 6.10. The molecule has 1 amide bonds. The van der Waals surface area contributed by atoms with E-state index in [1.54, 1.807) is 11.1 Å². The van der Waals surface area contributed by atoms with Crippen molar-refractivity contribution in [2.45, 2.75) is 64.0 Å². The van der Waals surface area contributed by atoms with E-state index in [0.29, 0.717) is 30.4 Å². The molecule has 0 bridgehead atoms. The second-order valence-electron chi connectivity index (χ2n) is 7.99. The number of aryl methyl sites for hydroxylation is 2. The number of benzene rings is 1. The lowest BCUT2D eigenvalue weighted by Crippen LogP contribution is -2.46. The van der Waals surface area contributed by atoms with E-state index in [2.05, 4.69) is 4.98 Å². The summed E-state index contributed by atoms with van der Waals surface area (Å²) in [4.78, 5) is 30.5. The Morgan fingerprint density at radius 3 is 2.71 bits per heavy atom. The van der Waals surface area contributed by atoms with E-state index in [9.17, 15) is 14.7 Å². The highest BCUT2D eigenvalue weighted by molar-refractivity contribution is 5.85. The minimum atomic E-state index is -0.888. The van der Waals surface area contributed by atoms with Crippen LogP contribution in [0.1, 0.15) is 50.0 Å². The number of oxazole rings is 1. The quantitative estimate of drug-likeness (QED) is 0.850. The zero-order valence-electron chi connectivity index (χ0n) is 16.1. The molecule has 1 N–H and O–H groups in total. The molecule has 1 aromatic carbocycles. The van der Waals surface area contributed by atoms with Crippen molar-refractivity contribution in [1.82, 2.24) is 9.88 Å². The van der Waals surface area contributed by atoms with Crippen LogP contribution in [0.5, 0.6) is 0 Å². The number of carboxylic acids is 1. The van der Waals surface area contributed by atoms with Crippen molar-refractivity contribution in [2.24, 2.45) is 5.92 Å². The van der Waals surface area contributed by atoms with E-state index in [4.69, 9.17) is 4.42 Å². The fourth-order valence-corrected chi connectivity index (χ4v) is 4.66. The van der Waals surface area contributed by atoms with Crippen LogP contribution in [0.4, 0.5) is 0 Å². The second-order valence-corrected chi connectivity index (χ2v) is 7.99. The van der Waals surface area contributed by atoms with Gasteiger partial charge in [-0.15, -0.1) is 0 Å². The normalized spacial score (nSPS) is 24.2. The molecular weight excluding hydrogens is 356 g/mol. The van der Waals surface area contributed by atoms with Crippen LogP contribution >= 0.6 is 0 Å². The van der Waals surface area contributed by atoms with Gasteiger partial charge in [0.1, 0.15) is 6.04 Å². The Labute approximate surface area is 164 Å². The summed E-state index contributed by atoms with van der Waals surface area (Å²) in [5.74, 6) is 0.528. The summed E-state index contributed by atoms with van der Waals surface area (Å²) >= 11 is 0. The van der Waals surface area contributed by atoms with Crippen molar-refractivity contribution < 1.29 is 19.1 Å². The summed E-state index contributed by atoms with van der Waals surface area (Å²) in [6, 6.07) is 7.39. The molecule has 28 heavy (non-hydrogen) atoms. The average molecular weight is 382 g/mol. The lowest BCUT2D eigenvalue weighted by Gasteiger charge is -2.33. The maximum Gasteiger partial charge on any atom is 0.326 e. The molecule has 148 valence electrons. The largest absolute Gasteiger partial charge is 0.480 e. The smallest absolute Gasteiger partial charge is 0.326 e. The number of aliphatic carboxylic acids is 1. The number of hydrogen-bond acceptors (Lipinski definition) is 4. The molecule has 3 atom stereocenters. The highest BCUT2D eigenvalue weighted by atomic mass is 16.4. The summed E-state index contributed by atoms with van der Waals surface area (Å²) in [6.45, 7) is 2.03. The van der Waals surface area contributed by atoms with Gasteiger partial charge in [0.05, 0.1) is 6.20 Å². The van der Waals surface area contributed by atoms with Gasteiger partial charge in [-0.1, -0.05) is 42.7 Å². The molecule has 1 saturated carbocycles. The van der Waals surface area contributed by atoms with Crippen molar-refractivity contribution in [3.05, 3.63) is 41.9 Å². The van der Waals surface area contributed by atoms with Crippen LogP contribution in [0.15, 0.2) is 34.9 Å². The van der Waals surface area contributed by atoms with Crippen molar-refractivity contribution in [2.75, 3.05) is 0 Å². The van der Waals surface area contributed by atoms with Gasteiger partial charge in [-0.3, -0.25) is 4.79 Å². The van der Waals surface area contributed by atoms with Gasteiger partial charge in [0.15, 0.2) is 11.7 Å². The minimum Gasteiger partial charge on any atom is -0.480 e. The van der Waals surface area contributed by atoms with Crippen LogP contribution in [-0.4, -0.2) is 39.0 Å². The van der Waals surface area contributed by atoms with E-state index in [1.165, 1.54) is 5.56 Å². The maximum absolute atomic E-state index is 12.9. The van der Waals surface area contributed by atoms with Crippen LogP contribution in [-0.2, 0) is 16.0 Å². The number of carboxylic acid groups (broad SMARTS) is 1. The average Bonchev–Trinajstić information content (AvgIpc) is 3.31. The van der Waals surface area contributed by atoms with Gasteiger partial charge in [-0.25, -0.2) is 9.78 Å². The van der Waals surface area contributed by atoms with Crippen LogP contribution in [0.2, 0.25) is 0 Å². The van der Waals surface area contributed by atoms with Gasteiger partial charge >= 0.3 is 5.97 Å². The van der Waals surface area contributed by atoms with Crippen LogP contribution < -0.4 is 0 Å². The second kappa shape index (κ2) is 7.78. The molecule has 6 nitrogen and oxygen atoms in total. The molecule has 0 spiro atoms. The zero-order chi connectivity index (χ0) is 19.7. The number of carbonyl (C=O) groups excluding carboxylic acids is 1. The summed E-state index contributed by atoms with van der Waals surface area (Å²) in [5, 5.41) is 9.59. The van der Waals surface area contributed by atoms with Gasteiger partial charge in [-0.05, 0) is 32.1 Å². The molecule has 2 aliphatic rings. The van der Waals surface area contributed by atoms with E-state index < -0.39 is 12.0 Å². The maximum atomic E-state index is 12.9. The third kappa shape index (κ3) is 3.68. The predicted molar refractivity (Wildman–Crippen MR) is 104 cm³/mol. The Balaban J connectivity index is 1.42. The minimum absolute atomic E-state index is 0.0787. The summed E-state index contributed by atoms with van der Waals surface area (Å²) in [7, 11) is 0. The van der Waals surface area contributed by atoms with Crippen LogP contribution in [0.3, 0.4) is 0 Å². The van der Waals surface area contributed by atoms with Gasteiger partial charge in [0.2, 0.25) is 5.91 Å². The summed E-state index contributed by atoms with van der Waals surface area (Å²) < 4.78 is 5.81. The molecule has 6 heteroatoms. The first-order valence-electron chi connectivity index (χ1n) is 10.1. The highest BCUT2D eigenvalue weighted by Gasteiger charge is 2.47.